The lowest BCUT2D eigenvalue weighted by atomic mass is 9.79. The molecule has 0 radical (unpaired) electrons. The van der Waals surface area contributed by atoms with Gasteiger partial charge in [0.2, 0.25) is 0 Å². The van der Waals surface area contributed by atoms with Crippen molar-refractivity contribution in [3.63, 3.8) is 0 Å². The number of rotatable bonds is 0. The first-order valence-corrected chi connectivity index (χ1v) is 4.47. The van der Waals surface area contributed by atoms with Gasteiger partial charge < -0.3 is 4.74 Å². The van der Waals surface area contributed by atoms with Crippen molar-refractivity contribution < 1.29 is 9.53 Å². The maximum Gasteiger partial charge on any atom is 0.312 e. The second-order valence-corrected chi connectivity index (χ2v) is 4.38. The molecule has 12 heavy (non-hydrogen) atoms. The number of hydrogen-bond donors (Lipinski definition) is 0. The summed E-state index contributed by atoms with van der Waals surface area (Å²) in [6.07, 6.45) is 6.23. The smallest absolute Gasteiger partial charge is 0.312 e. The number of ether oxygens (including phenoxy) is 1. The molecule has 0 unspecified atom stereocenters. The van der Waals surface area contributed by atoms with Gasteiger partial charge in [0.1, 0.15) is 6.10 Å². The quantitative estimate of drug-likeness (QED) is 0.406. The molecule has 66 valence electrons. The molecule has 2 heteroatoms. The number of esters is 1. The van der Waals surface area contributed by atoms with E-state index in [9.17, 15) is 4.79 Å². The highest BCUT2D eigenvalue weighted by Crippen LogP contribution is 2.39. The van der Waals surface area contributed by atoms with Crippen LogP contribution in [0.5, 0.6) is 0 Å². The van der Waals surface area contributed by atoms with Crippen molar-refractivity contribution in [2.45, 2.75) is 32.8 Å². The van der Waals surface area contributed by atoms with Crippen LogP contribution in [-0.4, -0.2) is 12.1 Å². The summed E-state index contributed by atoms with van der Waals surface area (Å²) < 4.78 is 5.30. The fourth-order valence-electron chi connectivity index (χ4n) is 2.04. The Morgan fingerprint density at radius 1 is 1.58 bits per heavy atom. The molecule has 1 saturated heterocycles. The minimum atomic E-state index is -0.271. The number of carbonyl (C=O) groups is 1. The Labute approximate surface area is 72.6 Å². The third-order valence-corrected chi connectivity index (χ3v) is 2.80. The molecule has 2 nitrogen and oxygen atoms in total. The zero-order valence-electron chi connectivity index (χ0n) is 7.54. The summed E-state index contributed by atoms with van der Waals surface area (Å²) >= 11 is 0. The molecule has 0 N–H and O–H groups in total. The van der Waals surface area contributed by atoms with Gasteiger partial charge in [0.25, 0.3) is 0 Å². The van der Waals surface area contributed by atoms with Crippen LogP contribution >= 0.6 is 0 Å². The van der Waals surface area contributed by atoms with Crippen molar-refractivity contribution in [1.82, 2.24) is 0 Å². The van der Waals surface area contributed by atoms with Crippen LogP contribution in [0.4, 0.5) is 0 Å². The van der Waals surface area contributed by atoms with Gasteiger partial charge in [-0.25, -0.2) is 0 Å². The lowest BCUT2D eigenvalue weighted by Crippen LogP contribution is -2.40. The summed E-state index contributed by atoms with van der Waals surface area (Å²) in [4.78, 5) is 11.4. The van der Waals surface area contributed by atoms with Crippen molar-refractivity contribution >= 4 is 5.97 Å². The minimum absolute atomic E-state index is 0.0460. The van der Waals surface area contributed by atoms with E-state index in [1.165, 1.54) is 0 Å². The molecule has 2 rings (SSSR count). The number of fused-ring (bicyclic) bond motifs is 1. The van der Waals surface area contributed by atoms with E-state index in [1.54, 1.807) is 0 Å². The lowest BCUT2D eigenvalue weighted by Gasteiger charge is -2.35. The van der Waals surface area contributed by atoms with E-state index in [1.807, 2.05) is 19.9 Å². The van der Waals surface area contributed by atoms with Gasteiger partial charge in [0, 0.05) is 5.92 Å². The van der Waals surface area contributed by atoms with Gasteiger partial charge in [-0.1, -0.05) is 6.08 Å². The first-order chi connectivity index (χ1) is 5.59. The Morgan fingerprint density at radius 3 is 3.08 bits per heavy atom. The summed E-state index contributed by atoms with van der Waals surface area (Å²) in [5, 5.41) is 0. The third kappa shape index (κ3) is 1.06. The Kier molecular flexibility index (Phi) is 1.53. The predicted octanol–water partition coefficient (Wildman–Crippen LogP) is 1.90. The average molecular weight is 166 g/mol. The highest BCUT2D eigenvalue weighted by atomic mass is 16.5. The molecule has 1 aliphatic heterocycles. The summed E-state index contributed by atoms with van der Waals surface area (Å²) in [6.45, 7) is 3.92. The van der Waals surface area contributed by atoms with E-state index >= 15 is 0 Å². The monoisotopic (exact) mass is 166 g/mol. The summed E-state index contributed by atoms with van der Waals surface area (Å²) in [7, 11) is 0. The highest BCUT2D eigenvalue weighted by molar-refractivity contribution is 5.77. The van der Waals surface area contributed by atoms with Crippen molar-refractivity contribution in [3.05, 3.63) is 12.2 Å². The number of carbonyl (C=O) groups excluding carboxylic acids is 1. The number of allylic oxidation sites excluding steroid dienone is 1. The predicted molar refractivity (Wildman–Crippen MR) is 45.5 cm³/mol. The molecule has 0 spiro atoms. The topological polar surface area (TPSA) is 26.3 Å². The van der Waals surface area contributed by atoms with E-state index in [0.717, 1.165) is 12.8 Å². The molecular formula is C10H14O2. The van der Waals surface area contributed by atoms with Crippen LogP contribution in [0.25, 0.3) is 0 Å². The van der Waals surface area contributed by atoms with Crippen LogP contribution in [0.15, 0.2) is 12.2 Å². The van der Waals surface area contributed by atoms with Gasteiger partial charge >= 0.3 is 5.97 Å². The SMILES string of the molecule is CC1(C)C[C@@H]2CC=C[C@@H]2OC1=O. The Balaban J connectivity index is 2.17. The Morgan fingerprint density at radius 2 is 2.33 bits per heavy atom. The fraction of sp³-hybridized carbons (Fsp3) is 0.700. The zero-order chi connectivity index (χ0) is 8.77. The van der Waals surface area contributed by atoms with Crippen molar-refractivity contribution in [3.8, 4) is 0 Å². The molecule has 0 bridgehead atoms. The van der Waals surface area contributed by atoms with Gasteiger partial charge in [-0.2, -0.15) is 0 Å². The molecule has 0 aromatic heterocycles. The van der Waals surface area contributed by atoms with Gasteiger partial charge in [0.05, 0.1) is 5.41 Å². The van der Waals surface area contributed by atoms with Gasteiger partial charge in [0.15, 0.2) is 0 Å². The molecule has 1 aliphatic carbocycles. The summed E-state index contributed by atoms with van der Waals surface area (Å²) in [5.74, 6) is 0.494. The molecule has 0 saturated carbocycles. The maximum absolute atomic E-state index is 11.4. The van der Waals surface area contributed by atoms with Crippen LogP contribution in [-0.2, 0) is 9.53 Å². The molecular weight excluding hydrogens is 152 g/mol. The molecule has 1 fully saturated rings. The van der Waals surface area contributed by atoms with Gasteiger partial charge in [-0.05, 0) is 32.8 Å². The van der Waals surface area contributed by atoms with Crippen LogP contribution in [0.3, 0.4) is 0 Å². The van der Waals surface area contributed by atoms with Gasteiger partial charge in [-0.15, -0.1) is 0 Å². The lowest BCUT2D eigenvalue weighted by molar-refractivity contribution is -0.168. The summed E-state index contributed by atoms with van der Waals surface area (Å²) in [6, 6.07) is 0. The standard InChI is InChI=1S/C10H14O2/c1-10(2)6-7-4-3-5-8(7)12-9(10)11/h3,5,7-8H,4,6H2,1-2H3/t7-,8-/m0/s1. The molecule has 1 heterocycles. The zero-order valence-corrected chi connectivity index (χ0v) is 7.54. The fourth-order valence-corrected chi connectivity index (χ4v) is 2.04. The van der Waals surface area contributed by atoms with E-state index in [0.29, 0.717) is 5.92 Å². The van der Waals surface area contributed by atoms with E-state index in [-0.39, 0.29) is 17.5 Å². The third-order valence-electron chi connectivity index (χ3n) is 2.80. The average Bonchev–Trinajstić information content (AvgIpc) is 2.35. The summed E-state index contributed by atoms with van der Waals surface area (Å²) in [5.41, 5.74) is -0.271. The van der Waals surface area contributed by atoms with E-state index in [2.05, 4.69) is 6.08 Å². The first kappa shape index (κ1) is 7.84. The number of hydrogen-bond acceptors (Lipinski definition) is 2. The molecule has 0 amide bonds. The second-order valence-electron chi connectivity index (χ2n) is 4.38. The normalized spacial score (nSPS) is 37.7. The molecule has 2 atom stereocenters. The van der Waals surface area contributed by atoms with Crippen molar-refractivity contribution in [2.24, 2.45) is 11.3 Å². The van der Waals surface area contributed by atoms with Crippen LogP contribution in [0, 0.1) is 11.3 Å². The van der Waals surface area contributed by atoms with Crippen molar-refractivity contribution in [2.75, 3.05) is 0 Å². The first-order valence-electron chi connectivity index (χ1n) is 4.47. The van der Waals surface area contributed by atoms with E-state index in [4.69, 9.17) is 4.74 Å². The Hall–Kier alpha value is -0.790. The van der Waals surface area contributed by atoms with Gasteiger partial charge in [-0.3, -0.25) is 4.79 Å². The molecule has 0 aromatic carbocycles. The van der Waals surface area contributed by atoms with Crippen LogP contribution < -0.4 is 0 Å². The maximum atomic E-state index is 11.4. The van der Waals surface area contributed by atoms with Crippen LogP contribution in [0.2, 0.25) is 0 Å². The van der Waals surface area contributed by atoms with Crippen LogP contribution in [0.1, 0.15) is 26.7 Å². The minimum Gasteiger partial charge on any atom is -0.457 e. The van der Waals surface area contributed by atoms with Crippen molar-refractivity contribution in [1.29, 1.82) is 0 Å². The Bertz CT molecular complexity index is 240. The highest BCUT2D eigenvalue weighted by Gasteiger charge is 2.42. The molecule has 2 aliphatic rings. The molecule has 0 aromatic rings. The second kappa shape index (κ2) is 2.35. The largest absolute Gasteiger partial charge is 0.457 e. The van der Waals surface area contributed by atoms with E-state index < -0.39 is 0 Å².